The molecule has 0 spiro atoms. The summed E-state index contributed by atoms with van der Waals surface area (Å²) in [6.07, 6.45) is 15.5. The van der Waals surface area contributed by atoms with Gasteiger partial charge in [-0.2, -0.15) is 0 Å². The Morgan fingerprint density at radius 3 is 1.68 bits per heavy atom. The maximum absolute atomic E-state index is 9.00. The van der Waals surface area contributed by atoms with Crippen molar-refractivity contribution in [2.24, 2.45) is 0 Å². The molecule has 1 N–H and O–H groups in total. The highest BCUT2D eigenvalue weighted by atomic mass is 16.4. The van der Waals surface area contributed by atoms with E-state index in [2.05, 4.69) is 37.3 Å². The normalized spacial score (nSPS) is 9.91. The number of benzene rings is 1. The zero-order valence-corrected chi connectivity index (χ0v) is 14.5. The van der Waals surface area contributed by atoms with Crippen LogP contribution in [-0.4, -0.2) is 11.1 Å². The largest absolute Gasteiger partial charge is 0.481 e. The number of carboxylic acid groups (broad SMARTS) is 1. The van der Waals surface area contributed by atoms with Gasteiger partial charge in [-0.1, -0.05) is 95.0 Å². The molecule has 0 aliphatic rings. The van der Waals surface area contributed by atoms with E-state index in [1.54, 1.807) is 0 Å². The zero-order chi connectivity index (χ0) is 16.5. The molecule has 0 saturated heterocycles. The summed E-state index contributed by atoms with van der Waals surface area (Å²) in [5, 5.41) is 7.42. The number of aryl methyl sites for hydroxylation is 1. The number of rotatable bonds is 11. The van der Waals surface area contributed by atoms with Crippen molar-refractivity contribution in [3.05, 3.63) is 35.9 Å². The van der Waals surface area contributed by atoms with Crippen LogP contribution in [0.4, 0.5) is 0 Å². The third kappa shape index (κ3) is 16.7. The maximum Gasteiger partial charge on any atom is 0.300 e. The van der Waals surface area contributed by atoms with Crippen molar-refractivity contribution in [3.8, 4) is 0 Å². The van der Waals surface area contributed by atoms with Crippen molar-refractivity contribution in [1.82, 2.24) is 0 Å². The minimum Gasteiger partial charge on any atom is -0.481 e. The van der Waals surface area contributed by atoms with Crippen LogP contribution in [0.15, 0.2) is 30.3 Å². The van der Waals surface area contributed by atoms with Gasteiger partial charge in [0.1, 0.15) is 0 Å². The molecule has 0 aliphatic carbocycles. The zero-order valence-electron chi connectivity index (χ0n) is 14.5. The van der Waals surface area contributed by atoms with E-state index in [4.69, 9.17) is 9.90 Å². The van der Waals surface area contributed by atoms with Crippen molar-refractivity contribution in [3.63, 3.8) is 0 Å². The second-order valence-electron chi connectivity index (χ2n) is 5.94. The molecule has 0 aromatic heterocycles. The van der Waals surface area contributed by atoms with E-state index in [9.17, 15) is 0 Å². The van der Waals surface area contributed by atoms with E-state index in [-0.39, 0.29) is 0 Å². The summed E-state index contributed by atoms with van der Waals surface area (Å²) in [4.78, 5) is 9.00. The smallest absolute Gasteiger partial charge is 0.300 e. The van der Waals surface area contributed by atoms with Gasteiger partial charge in [0.05, 0.1) is 0 Å². The summed E-state index contributed by atoms with van der Waals surface area (Å²) in [5.41, 5.74) is 1.50. The van der Waals surface area contributed by atoms with Crippen LogP contribution in [0.5, 0.6) is 0 Å². The van der Waals surface area contributed by atoms with Crippen molar-refractivity contribution in [2.45, 2.75) is 84.5 Å². The molecule has 0 amide bonds. The first-order valence-electron chi connectivity index (χ1n) is 8.90. The molecule has 126 valence electrons. The highest BCUT2D eigenvalue weighted by molar-refractivity contribution is 5.62. The quantitative estimate of drug-likeness (QED) is 0.491. The fourth-order valence-electron chi connectivity index (χ4n) is 2.46. The van der Waals surface area contributed by atoms with E-state index < -0.39 is 5.97 Å². The molecule has 2 nitrogen and oxygen atoms in total. The van der Waals surface area contributed by atoms with Gasteiger partial charge in [-0.3, -0.25) is 4.79 Å². The van der Waals surface area contributed by atoms with Crippen LogP contribution in [-0.2, 0) is 11.2 Å². The Hall–Kier alpha value is -1.31. The predicted octanol–water partition coefficient (Wildman–Crippen LogP) is 6.24. The highest BCUT2D eigenvalue weighted by Crippen LogP contribution is 2.12. The first kappa shape index (κ1) is 20.7. The lowest BCUT2D eigenvalue weighted by Crippen LogP contribution is -1.86. The Kier molecular flexibility index (Phi) is 15.1. The van der Waals surface area contributed by atoms with Crippen molar-refractivity contribution in [2.75, 3.05) is 0 Å². The van der Waals surface area contributed by atoms with Crippen LogP contribution < -0.4 is 0 Å². The van der Waals surface area contributed by atoms with Gasteiger partial charge < -0.3 is 5.11 Å². The molecule has 1 aromatic carbocycles. The average Bonchev–Trinajstić information content (AvgIpc) is 2.50. The number of hydrogen-bond acceptors (Lipinski definition) is 1. The molecule has 0 radical (unpaired) electrons. The van der Waals surface area contributed by atoms with Crippen molar-refractivity contribution >= 4 is 5.97 Å². The molecule has 1 aromatic rings. The molecule has 0 saturated carbocycles. The third-order valence-electron chi connectivity index (χ3n) is 3.66. The van der Waals surface area contributed by atoms with E-state index in [1.807, 2.05) is 0 Å². The fourth-order valence-corrected chi connectivity index (χ4v) is 2.46. The average molecular weight is 306 g/mol. The van der Waals surface area contributed by atoms with Gasteiger partial charge in [0.15, 0.2) is 0 Å². The summed E-state index contributed by atoms with van der Waals surface area (Å²) in [6, 6.07) is 10.9. The lowest BCUT2D eigenvalue weighted by Gasteiger charge is -2.03. The van der Waals surface area contributed by atoms with Crippen molar-refractivity contribution < 1.29 is 9.90 Å². The van der Waals surface area contributed by atoms with Crippen LogP contribution >= 0.6 is 0 Å². The van der Waals surface area contributed by atoms with Crippen LogP contribution in [0, 0.1) is 0 Å². The lowest BCUT2D eigenvalue weighted by molar-refractivity contribution is -0.134. The molecule has 0 bridgehead atoms. The highest BCUT2D eigenvalue weighted by Gasteiger charge is 1.94. The Labute approximate surface area is 137 Å². The van der Waals surface area contributed by atoms with Gasteiger partial charge in [-0.15, -0.1) is 0 Å². The minimum atomic E-state index is -0.833. The number of aliphatic carboxylic acids is 1. The Balaban J connectivity index is 0.000000980. The molecule has 22 heavy (non-hydrogen) atoms. The Bertz CT molecular complexity index is 342. The summed E-state index contributed by atoms with van der Waals surface area (Å²) < 4.78 is 0. The third-order valence-corrected chi connectivity index (χ3v) is 3.66. The molecule has 0 aliphatic heterocycles. The summed E-state index contributed by atoms with van der Waals surface area (Å²) >= 11 is 0. The lowest BCUT2D eigenvalue weighted by atomic mass is 10.0. The fraction of sp³-hybridized carbons (Fsp3) is 0.650. The van der Waals surface area contributed by atoms with Crippen LogP contribution in [0.1, 0.15) is 83.6 Å². The van der Waals surface area contributed by atoms with E-state index in [0.717, 1.165) is 6.92 Å². The molecule has 0 atom stereocenters. The Morgan fingerprint density at radius 2 is 1.23 bits per heavy atom. The number of carboxylic acids is 1. The molecular weight excluding hydrogens is 272 g/mol. The first-order chi connectivity index (χ1) is 10.7. The van der Waals surface area contributed by atoms with Crippen LogP contribution in [0.3, 0.4) is 0 Å². The molecular formula is C20H34O2. The number of hydrogen-bond donors (Lipinski definition) is 1. The van der Waals surface area contributed by atoms with Gasteiger partial charge in [0.2, 0.25) is 0 Å². The SMILES string of the molecule is CC(=O)O.CCCCCCCCCCCCc1ccccc1. The van der Waals surface area contributed by atoms with Gasteiger partial charge in [-0.05, 0) is 18.4 Å². The van der Waals surface area contributed by atoms with Gasteiger partial charge >= 0.3 is 0 Å². The second-order valence-corrected chi connectivity index (χ2v) is 5.94. The molecule has 2 heteroatoms. The molecule has 0 heterocycles. The van der Waals surface area contributed by atoms with Gasteiger partial charge in [0, 0.05) is 6.92 Å². The standard InChI is InChI=1S/C18H30.C2H4O2/c1-2-3-4-5-6-7-8-9-10-12-15-18-16-13-11-14-17-18;1-2(3)4/h11,13-14,16-17H,2-10,12,15H2,1H3;1H3,(H,3,4). The van der Waals surface area contributed by atoms with E-state index in [0.29, 0.717) is 0 Å². The molecule has 1 rings (SSSR count). The van der Waals surface area contributed by atoms with Gasteiger partial charge in [-0.25, -0.2) is 0 Å². The molecule has 0 fully saturated rings. The van der Waals surface area contributed by atoms with Crippen LogP contribution in [0.25, 0.3) is 0 Å². The van der Waals surface area contributed by atoms with Crippen molar-refractivity contribution in [1.29, 1.82) is 0 Å². The minimum absolute atomic E-state index is 0.833. The first-order valence-corrected chi connectivity index (χ1v) is 8.90. The molecule has 0 unspecified atom stereocenters. The van der Waals surface area contributed by atoms with Gasteiger partial charge in [0.25, 0.3) is 5.97 Å². The predicted molar refractivity (Wildman–Crippen MR) is 95.3 cm³/mol. The number of carbonyl (C=O) groups is 1. The summed E-state index contributed by atoms with van der Waals surface area (Å²) in [5.74, 6) is -0.833. The Morgan fingerprint density at radius 1 is 0.818 bits per heavy atom. The van der Waals surface area contributed by atoms with Crippen LogP contribution in [0.2, 0.25) is 0 Å². The summed E-state index contributed by atoms with van der Waals surface area (Å²) in [7, 11) is 0. The maximum atomic E-state index is 9.00. The summed E-state index contributed by atoms with van der Waals surface area (Å²) in [6.45, 7) is 3.37. The van der Waals surface area contributed by atoms with E-state index >= 15 is 0 Å². The number of unbranched alkanes of at least 4 members (excludes halogenated alkanes) is 9. The second kappa shape index (κ2) is 16.1. The monoisotopic (exact) mass is 306 g/mol. The topological polar surface area (TPSA) is 37.3 Å². The van der Waals surface area contributed by atoms with E-state index in [1.165, 1.54) is 76.2 Å².